The number of amides is 1. The molecule has 144 valence electrons. The summed E-state index contributed by atoms with van der Waals surface area (Å²) < 4.78 is 5.02. The molecule has 0 spiro atoms. The minimum absolute atomic E-state index is 0.110. The molecule has 5 nitrogen and oxygen atoms in total. The molecule has 3 aromatic rings. The molecule has 1 heterocycles. The van der Waals surface area contributed by atoms with E-state index in [-0.39, 0.29) is 24.8 Å². The molecule has 6 heteroatoms. The molecule has 0 bridgehead atoms. The van der Waals surface area contributed by atoms with Crippen LogP contribution in [0.4, 0.5) is 5.69 Å². The van der Waals surface area contributed by atoms with Crippen LogP contribution >= 0.6 is 11.8 Å². The number of pyridine rings is 1. The average Bonchev–Trinajstić information content (AvgIpc) is 2.71. The van der Waals surface area contributed by atoms with Crippen molar-refractivity contribution in [2.45, 2.75) is 18.9 Å². The molecule has 28 heavy (non-hydrogen) atoms. The smallest absolute Gasteiger partial charge is 0.326 e. The molecular formula is C22H22N2O3S. The van der Waals surface area contributed by atoms with Gasteiger partial charge in [0.2, 0.25) is 5.91 Å². The Labute approximate surface area is 168 Å². The Kier molecular flexibility index (Phi) is 6.66. The standard InChI is InChI=1S/C22H22N2O3S/c1-3-27-22(26)14-24(17-9-5-4-6-10-17)21(25)15-28-20-13-16(2)18-11-7-8-12-19(18)23-20/h4-13H,3,14-15H2,1-2H3. The zero-order valence-corrected chi connectivity index (χ0v) is 16.7. The summed E-state index contributed by atoms with van der Waals surface area (Å²) >= 11 is 1.37. The molecule has 0 unspecified atom stereocenters. The molecule has 0 aliphatic heterocycles. The first-order valence-corrected chi connectivity index (χ1v) is 10.1. The Balaban J connectivity index is 1.75. The van der Waals surface area contributed by atoms with Crippen molar-refractivity contribution in [2.24, 2.45) is 0 Å². The van der Waals surface area contributed by atoms with Crippen LogP contribution < -0.4 is 4.90 Å². The van der Waals surface area contributed by atoms with Gasteiger partial charge in [-0.15, -0.1) is 0 Å². The van der Waals surface area contributed by atoms with E-state index in [0.29, 0.717) is 5.69 Å². The van der Waals surface area contributed by atoms with E-state index in [9.17, 15) is 9.59 Å². The zero-order valence-electron chi connectivity index (χ0n) is 15.9. The number of rotatable bonds is 7. The summed E-state index contributed by atoms with van der Waals surface area (Å²) in [6.45, 7) is 3.95. The highest BCUT2D eigenvalue weighted by molar-refractivity contribution is 7.99. The van der Waals surface area contributed by atoms with E-state index in [0.717, 1.165) is 21.5 Å². The number of fused-ring (bicyclic) bond motifs is 1. The van der Waals surface area contributed by atoms with E-state index in [2.05, 4.69) is 4.98 Å². The summed E-state index contributed by atoms with van der Waals surface area (Å²) in [7, 11) is 0. The normalized spacial score (nSPS) is 10.6. The number of aryl methyl sites for hydroxylation is 1. The molecule has 0 radical (unpaired) electrons. The van der Waals surface area contributed by atoms with Crippen LogP contribution in [0.25, 0.3) is 10.9 Å². The largest absolute Gasteiger partial charge is 0.465 e. The number of para-hydroxylation sites is 2. The van der Waals surface area contributed by atoms with E-state index in [4.69, 9.17) is 4.74 Å². The van der Waals surface area contributed by atoms with Crippen molar-refractivity contribution < 1.29 is 14.3 Å². The van der Waals surface area contributed by atoms with E-state index >= 15 is 0 Å². The summed E-state index contributed by atoms with van der Waals surface area (Å²) in [5, 5.41) is 1.89. The van der Waals surface area contributed by atoms with Crippen molar-refractivity contribution in [3.8, 4) is 0 Å². The summed E-state index contributed by atoms with van der Waals surface area (Å²) in [6.07, 6.45) is 0. The second-order valence-electron chi connectivity index (χ2n) is 6.20. The minimum atomic E-state index is -0.427. The number of esters is 1. The number of benzene rings is 2. The van der Waals surface area contributed by atoms with Gasteiger partial charge >= 0.3 is 5.97 Å². The number of hydrogen-bond donors (Lipinski definition) is 0. The fraction of sp³-hybridized carbons (Fsp3) is 0.227. The van der Waals surface area contributed by atoms with Gasteiger partial charge in [0.1, 0.15) is 6.54 Å². The quantitative estimate of drug-likeness (QED) is 0.443. The molecule has 0 fully saturated rings. The maximum Gasteiger partial charge on any atom is 0.326 e. The van der Waals surface area contributed by atoms with E-state index in [1.165, 1.54) is 16.7 Å². The molecule has 1 aromatic heterocycles. The van der Waals surface area contributed by atoms with Gasteiger partial charge in [-0.2, -0.15) is 0 Å². The van der Waals surface area contributed by atoms with Crippen LogP contribution in [0, 0.1) is 6.92 Å². The molecular weight excluding hydrogens is 372 g/mol. The molecule has 0 aliphatic carbocycles. The average molecular weight is 394 g/mol. The van der Waals surface area contributed by atoms with Gasteiger partial charge in [0, 0.05) is 11.1 Å². The SMILES string of the molecule is CCOC(=O)CN(C(=O)CSc1cc(C)c2ccccc2n1)c1ccccc1. The summed E-state index contributed by atoms with van der Waals surface area (Å²) in [6, 6.07) is 19.1. The van der Waals surface area contributed by atoms with Crippen molar-refractivity contribution in [3.05, 3.63) is 66.2 Å². The fourth-order valence-corrected chi connectivity index (χ4v) is 3.72. The Hall–Kier alpha value is -2.86. The Morgan fingerprint density at radius 3 is 2.54 bits per heavy atom. The third kappa shape index (κ3) is 4.89. The molecule has 0 atom stereocenters. The van der Waals surface area contributed by atoms with E-state index in [1.54, 1.807) is 19.1 Å². The van der Waals surface area contributed by atoms with Crippen molar-refractivity contribution in [1.82, 2.24) is 4.98 Å². The van der Waals surface area contributed by atoms with Gasteiger partial charge in [-0.25, -0.2) is 4.98 Å². The number of nitrogens with zero attached hydrogens (tertiary/aromatic N) is 2. The summed E-state index contributed by atoms with van der Waals surface area (Å²) in [5.74, 6) is -0.416. The molecule has 0 aliphatic rings. The highest BCUT2D eigenvalue weighted by Crippen LogP contribution is 2.24. The second kappa shape index (κ2) is 9.37. The first-order chi connectivity index (χ1) is 13.6. The number of thioether (sulfide) groups is 1. The highest BCUT2D eigenvalue weighted by Gasteiger charge is 2.20. The van der Waals surface area contributed by atoms with Gasteiger partial charge in [-0.1, -0.05) is 48.2 Å². The van der Waals surface area contributed by atoms with Gasteiger partial charge in [-0.05, 0) is 43.7 Å². The molecule has 0 saturated carbocycles. The number of aromatic nitrogens is 1. The van der Waals surface area contributed by atoms with Gasteiger partial charge in [0.15, 0.2) is 0 Å². The lowest BCUT2D eigenvalue weighted by molar-refractivity contribution is -0.142. The lowest BCUT2D eigenvalue weighted by atomic mass is 10.1. The monoisotopic (exact) mass is 394 g/mol. The molecule has 2 aromatic carbocycles. The molecule has 0 saturated heterocycles. The van der Waals surface area contributed by atoms with Crippen molar-refractivity contribution in [1.29, 1.82) is 0 Å². The predicted molar refractivity (Wildman–Crippen MR) is 113 cm³/mol. The second-order valence-corrected chi connectivity index (χ2v) is 7.20. The van der Waals surface area contributed by atoms with Crippen molar-refractivity contribution in [2.75, 3.05) is 23.8 Å². The summed E-state index contributed by atoms with van der Waals surface area (Å²) in [5.41, 5.74) is 2.69. The third-order valence-electron chi connectivity index (χ3n) is 4.20. The Morgan fingerprint density at radius 1 is 1.07 bits per heavy atom. The lowest BCUT2D eigenvalue weighted by Gasteiger charge is -2.21. The zero-order chi connectivity index (χ0) is 19.9. The maximum atomic E-state index is 12.9. The Morgan fingerprint density at radius 2 is 1.79 bits per heavy atom. The van der Waals surface area contributed by atoms with Crippen LogP contribution in [0.3, 0.4) is 0 Å². The number of carbonyl (C=O) groups excluding carboxylic acids is 2. The van der Waals surface area contributed by atoms with Crippen LogP contribution in [0.5, 0.6) is 0 Å². The highest BCUT2D eigenvalue weighted by atomic mass is 32.2. The van der Waals surface area contributed by atoms with Gasteiger partial charge in [0.05, 0.1) is 22.9 Å². The van der Waals surface area contributed by atoms with Gasteiger partial charge < -0.3 is 9.64 Å². The maximum absolute atomic E-state index is 12.9. The number of carbonyl (C=O) groups is 2. The van der Waals surface area contributed by atoms with Crippen molar-refractivity contribution in [3.63, 3.8) is 0 Å². The van der Waals surface area contributed by atoms with Crippen LogP contribution in [-0.4, -0.2) is 35.8 Å². The number of anilines is 1. The number of ether oxygens (including phenoxy) is 1. The summed E-state index contributed by atoms with van der Waals surface area (Å²) in [4.78, 5) is 30.9. The van der Waals surface area contributed by atoms with Crippen molar-refractivity contribution >= 4 is 40.2 Å². The van der Waals surface area contributed by atoms with Crippen LogP contribution in [0.15, 0.2) is 65.7 Å². The van der Waals surface area contributed by atoms with Gasteiger partial charge in [0.25, 0.3) is 0 Å². The number of hydrogen-bond acceptors (Lipinski definition) is 5. The first kappa shape index (κ1) is 19.9. The van der Waals surface area contributed by atoms with E-state index < -0.39 is 5.97 Å². The van der Waals surface area contributed by atoms with Crippen LogP contribution in [0.1, 0.15) is 12.5 Å². The predicted octanol–water partition coefficient (Wildman–Crippen LogP) is 4.23. The molecule has 1 amide bonds. The van der Waals surface area contributed by atoms with Gasteiger partial charge in [-0.3, -0.25) is 9.59 Å². The molecule has 3 rings (SSSR count). The topological polar surface area (TPSA) is 59.5 Å². The lowest BCUT2D eigenvalue weighted by Crippen LogP contribution is -2.37. The van der Waals surface area contributed by atoms with E-state index in [1.807, 2.05) is 55.5 Å². The first-order valence-electron chi connectivity index (χ1n) is 9.08. The van der Waals surface area contributed by atoms with Crippen LogP contribution in [0.2, 0.25) is 0 Å². The fourth-order valence-electron chi connectivity index (χ4n) is 2.87. The third-order valence-corrected chi connectivity index (χ3v) is 5.10. The Bertz CT molecular complexity index is 976. The minimum Gasteiger partial charge on any atom is -0.465 e. The van der Waals surface area contributed by atoms with Crippen LogP contribution in [-0.2, 0) is 14.3 Å². The molecule has 0 N–H and O–H groups in total.